The van der Waals surface area contributed by atoms with E-state index in [1.807, 2.05) is 24.3 Å². The van der Waals surface area contributed by atoms with E-state index in [4.69, 9.17) is 0 Å². The molecule has 166 valence electrons. The van der Waals surface area contributed by atoms with Gasteiger partial charge in [-0.25, -0.2) is 8.42 Å². The summed E-state index contributed by atoms with van der Waals surface area (Å²) in [6.07, 6.45) is 7.84. The summed E-state index contributed by atoms with van der Waals surface area (Å²) in [5, 5.41) is 2.89. The van der Waals surface area contributed by atoms with E-state index in [0.29, 0.717) is 24.3 Å². The van der Waals surface area contributed by atoms with Gasteiger partial charge in [0.05, 0.1) is 4.90 Å². The summed E-state index contributed by atoms with van der Waals surface area (Å²) < 4.78 is 27.4. The fourth-order valence-corrected chi connectivity index (χ4v) is 5.90. The van der Waals surface area contributed by atoms with Gasteiger partial charge in [0, 0.05) is 43.1 Å². The first-order chi connectivity index (χ1) is 15.0. The van der Waals surface area contributed by atoms with Crippen LogP contribution in [0.5, 0.6) is 0 Å². The molecule has 2 aliphatic heterocycles. The van der Waals surface area contributed by atoms with E-state index < -0.39 is 10.0 Å². The third-order valence-corrected chi connectivity index (χ3v) is 8.04. The number of benzene rings is 2. The van der Waals surface area contributed by atoms with Gasteiger partial charge in [-0.3, -0.25) is 4.79 Å². The molecule has 0 atom stereocenters. The maximum Gasteiger partial charge on any atom is 0.255 e. The highest BCUT2D eigenvalue weighted by atomic mass is 32.2. The van der Waals surface area contributed by atoms with Crippen LogP contribution < -0.4 is 10.2 Å². The second-order valence-corrected chi connectivity index (χ2v) is 10.3. The minimum Gasteiger partial charge on any atom is -0.372 e. The standard InChI is InChI=1S/C24H31N3O3S/c28-24(25-21-11-13-22(14-12-21)26-15-4-1-2-5-16-26)20-9-8-10-23(19-20)31(29,30)27-17-6-3-7-18-27/h8-14,19H,1-7,15-18H2,(H,25,28). The molecule has 6 nitrogen and oxygen atoms in total. The van der Waals surface area contributed by atoms with Crippen molar-refractivity contribution in [3.05, 3.63) is 54.1 Å². The van der Waals surface area contributed by atoms with Crippen molar-refractivity contribution < 1.29 is 13.2 Å². The van der Waals surface area contributed by atoms with Gasteiger partial charge in [0.25, 0.3) is 5.91 Å². The van der Waals surface area contributed by atoms with E-state index in [1.54, 1.807) is 18.2 Å². The van der Waals surface area contributed by atoms with Gasteiger partial charge in [0.15, 0.2) is 0 Å². The maximum absolute atomic E-state index is 12.9. The topological polar surface area (TPSA) is 69.7 Å². The molecule has 2 saturated heterocycles. The van der Waals surface area contributed by atoms with Crippen molar-refractivity contribution in [2.45, 2.75) is 49.8 Å². The van der Waals surface area contributed by atoms with Gasteiger partial charge in [-0.1, -0.05) is 25.3 Å². The minimum absolute atomic E-state index is 0.179. The summed E-state index contributed by atoms with van der Waals surface area (Å²) in [5.74, 6) is -0.307. The zero-order valence-electron chi connectivity index (χ0n) is 17.9. The number of carbonyl (C=O) groups excluding carboxylic acids is 1. The number of rotatable bonds is 5. The van der Waals surface area contributed by atoms with Gasteiger partial charge in [0.2, 0.25) is 10.0 Å². The van der Waals surface area contributed by atoms with E-state index >= 15 is 0 Å². The van der Waals surface area contributed by atoms with E-state index in [-0.39, 0.29) is 10.8 Å². The molecule has 0 radical (unpaired) electrons. The van der Waals surface area contributed by atoms with Gasteiger partial charge in [0.1, 0.15) is 0 Å². The number of hydrogen-bond acceptors (Lipinski definition) is 4. The SMILES string of the molecule is O=C(Nc1ccc(N2CCCCCC2)cc1)c1cccc(S(=O)(=O)N2CCCCC2)c1. The van der Waals surface area contributed by atoms with Crippen LogP contribution >= 0.6 is 0 Å². The molecule has 7 heteroatoms. The summed E-state index contributed by atoms with van der Waals surface area (Å²) in [5.41, 5.74) is 2.22. The Balaban J connectivity index is 1.44. The second-order valence-electron chi connectivity index (χ2n) is 8.39. The zero-order valence-corrected chi connectivity index (χ0v) is 18.7. The molecule has 0 aromatic heterocycles. The lowest BCUT2D eigenvalue weighted by atomic mass is 10.2. The zero-order chi connectivity index (χ0) is 21.7. The number of nitrogens with one attached hydrogen (secondary N) is 1. The highest BCUT2D eigenvalue weighted by molar-refractivity contribution is 7.89. The number of amides is 1. The summed E-state index contributed by atoms with van der Waals surface area (Å²) in [4.78, 5) is 15.3. The van der Waals surface area contributed by atoms with Gasteiger partial charge in [-0.15, -0.1) is 0 Å². The molecule has 4 rings (SSSR count). The van der Waals surface area contributed by atoms with E-state index in [1.165, 1.54) is 41.7 Å². The number of anilines is 2. The molecule has 1 N–H and O–H groups in total. The van der Waals surface area contributed by atoms with Crippen LogP contribution in [0.3, 0.4) is 0 Å². The summed E-state index contributed by atoms with van der Waals surface area (Å²) >= 11 is 0. The normalized spacial score (nSPS) is 18.4. The van der Waals surface area contributed by atoms with Gasteiger partial charge >= 0.3 is 0 Å². The number of nitrogens with zero attached hydrogens (tertiary/aromatic N) is 2. The van der Waals surface area contributed by atoms with Crippen LogP contribution in [0.15, 0.2) is 53.4 Å². The lowest BCUT2D eigenvalue weighted by Gasteiger charge is -2.26. The maximum atomic E-state index is 12.9. The van der Waals surface area contributed by atoms with Crippen LogP contribution in [0.1, 0.15) is 55.3 Å². The van der Waals surface area contributed by atoms with Crippen LogP contribution in [-0.4, -0.2) is 44.8 Å². The first kappa shape index (κ1) is 21.8. The molecule has 2 fully saturated rings. The lowest BCUT2D eigenvalue weighted by molar-refractivity contribution is 0.102. The highest BCUT2D eigenvalue weighted by Crippen LogP contribution is 2.24. The Bertz CT molecular complexity index is 991. The molecule has 0 bridgehead atoms. The predicted molar refractivity (Wildman–Crippen MR) is 124 cm³/mol. The summed E-state index contributed by atoms with van der Waals surface area (Å²) in [6, 6.07) is 14.2. The van der Waals surface area contributed by atoms with E-state index in [2.05, 4.69) is 10.2 Å². The number of carbonyl (C=O) groups is 1. The van der Waals surface area contributed by atoms with Crippen molar-refractivity contribution in [2.75, 3.05) is 36.4 Å². The first-order valence-electron chi connectivity index (χ1n) is 11.3. The third kappa shape index (κ3) is 5.28. The smallest absolute Gasteiger partial charge is 0.255 e. The van der Waals surface area contributed by atoms with Crippen molar-refractivity contribution >= 4 is 27.3 Å². The Labute approximate surface area is 185 Å². The Morgan fingerprint density at radius 2 is 1.39 bits per heavy atom. The monoisotopic (exact) mass is 441 g/mol. The van der Waals surface area contributed by atoms with E-state index in [0.717, 1.165) is 32.4 Å². The van der Waals surface area contributed by atoms with Crippen LogP contribution in [0, 0.1) is 0 Å². The predicted octanol–water partition coefficient (Wildman–Crippen LogP) is 4.49. The number of sulfonamides is 1. The molecular formula is C24H31N3O3S. The highest BCUT2D eigenvalue weighted by Gasteiger charge is 2.26. The Morgan fingerprint density at radius 1 is 0.774 bits per heavy atom. The summed E-state index contributed by atoms with van der Waals surface area (Å²) in [6.45, 7) is 3.23. The van der Waals surface area contributed by atoms with Gasteiger partial charge in [-0.2, -0.15) is 4.31 Å². The molecular weight excluding hydrogens is 410 g/mol. The van der Waals surface area contributed by atoms with Crippen LogP contribution in [0.25, 0.3) is 0 Å². The molecule has 1 amide bonds. The lowest BCUT2D eigenvalue weighted by Crippen LogP contribution is -2.35. The third-order valence-electron chi connectivity index (χ3n) is 6.15. The van der Waals surface area contributed by atoms with Crippen molar-refractivity contribution in [3.8, 4) is 0 Å². The Kier molecular flexibility index (Phi) is 6.92. The number of hydrogen-bond donors (Lipinski definition) is 1. The minimum atomic E-state index is -3.56. The van der Waals surface area contributed by atoms with Crippen molar-refractivity contribution in [3.63, 3.8) is 0 Å². The molecule has 2 aromatic rings. The Hall–Kier alpha value is -2.38. The molecule has 2 aliphatic rings. The van der Waals surface area contributed by atoms with Crippen molar-refractivity contribution in [1.82, 2.24) is 4.31 Å². The second kappa shape index (κ2) is 9.83. The van der Waals surface area contributed by atoms with Crippen molar-refractivity contribution in [2.24, 2.45) is 0 Å². The fourth-order valence-electron chi connectivity index (χ4n) is 4.34. The largest absolute Gasteiger partial charge is 0.372 e. The van der Waals surface area contributed by atoms with Gasteiger partial charge < -0.3 is 10.2 Å². The molecule has 0 unspecified atom stereocenters. The van der Waals surface area contributed by atoms with Gasteiger partial charge in [-0.05, 0) is 68.1 Å². The molecule has 0 aliphatic carbocycles. The molecule has 0 saturated carbocycles. The van der Waals surface area contributed by atoms with Crippen LogP contribution in [-0.2, 0) is 10.0 Å². The quantitative estimate of drug-likeness (QED) is 0.742. The Morgan fingerprint density at radius 3 is 2.06 bits per heavy atom. The number of piperidine rings is 1. The van der Waals surface area contributed by atoms with Crippen LogP contribution in [0.2, 0.25) is 0 Å². The molecule has 2 aromatic carbocycles. The van der Waals surface area contributed by atoms with Crippen LogP contribution in [0.4, 0.5) is 11.4 Å². The molecule has 0 spiro atoms. The van der Waals surface area contributed by atoms with E-state index in [9.17, 15) is 13.2 Å². The fraction of sp³-hybridized carbons (Fsp3) is 0.458. The average Bonchev–Trinajstić information content (AvgIpc) is 3.10. The average molecular weight is 442 g/mol. The first-order valence-corrected chi connectivity index (χ1v) is 12.7. The van der Waals surface area contributed by atoms with Crippen molar-refractivity contribution in [1.29, 1.82) is 0 Å². The molecule has 2 heterocycles. The molecule has 31 heavy (non-hydrogen) atoms. The summed E-state index contributed by atoms with van der Waals surface area (Å²) in [7, 11) is -3.56.